The molecular formula is C16H13N3O5. The number of nitrogens with one attached hydrogen (secondary N) is 2. The van der Waals surface area contributed by atoms with Crippen molar-refractivity contribution in [2.24, 2.45) is 0 Å². The first-order chi connectivity index (χ1) is 11.5. The van der Waals surface area contributed by atoms with Crippen LogP contribution in [-0.4, -0.2) is 22.8 Å². The van der Waals surface area contributed by atoms with Gasteiger partial charge >= 0.3 is 0 Å². The molecule has 0 radical (unpaired) electrons. The van der Waals surface area contributed by atoms with Crippen molar-refractivity contribution in [3.8, 4) is 5.75 Å². The molecule has 8 nitrogen and oxygen atoms in total. The van der Waals surface area contributed by atoms with Gasteiger partial charge in [0.15, 0.2) is 6.10 Å². The highest BCUT2D eigenvalue weighted by Gasteiger charge is 2.24. The molecule has 122 valence electrons. The number of anilines is 2. The lowest BCUT2D eigenvalue weighted by atomic mass is 10.1. The van der Waals surface area contributed by atoms with Gasteiger partial charge in [0.2, 0.25) is 0 Å². The van der Waals surface area contributed by atoms with Crippen molar-refractivity contribution in [1.29, 1.82) is 0 Å². The lowest BCUT2D eigenvalue weighted by Gasteiger charge is -2.23. The summed E-state index contributed by atoms with van der Waals surface area (Å²) in [6, 6.07) is 10.4. The highest BCUT2D eigenvalue weighted by atomic mass is 16.6. The van der Waals surface area contributed by atoms with Crippen LogP contribution in [0.4, 0.5) is 17.1 Å². The van der Waals surface area contributed by atoms with Gasteiger partial charge in [0.05, 0.1) is 10.6 Å². The molecule has 2 N–H and O–H groups in total. The van der Waals surface area contributed by atoms with Crippen LogP contribution in [0.15, 0.2) is 42.5 Å². The summed E-state index contributed by atoms with van der Waals surface area (Å²) < 4.78 is 5.43. The summed E-state index contributed by atoms with van der Waals surface area (Å²) in [7, 11) is 0. The fourth-order valence-corrected chi connectivity index (χ4v) is 2.31. The largest absolute Gasteiger partial charge is 0.479 e. The van der Waals surface area contributed by atoms with Crippen molar-refractivity contribution < 1.29 is 19.2 Å². The molecule has 1 heterocycles. The van der Waals surface area contributed by atoms with Crippen LogP contribution < -0.4 is 15.4 Å². The number of carbonyl (C=O) groups excluding carboxylic acids is 2. The average molecular weight is 327 g/mol. The van der Waals surface area contributed by atoms with Crippen LogP contribution in [0, 0.1) is 10.1 Å². The van der Waals surface area contributed by atoms with E-state index < -0.39 is 16.9 Å². The number of hydrogen-bond donors (Lipinski definition) is 2. The maximum atomic E-state index is 12.3. The van der Waals surface area contributed by atoms with Crippen LogP contribution in [0.2, 0.25) is 0 Å². The van der Waals surface area contributed by atoms with Gasteiger partial charge < -0.3 is 15.4 Å². The van der Waals surface area contributed by atoms with Crippen LogP contribution in [0.3, 0.4) is 0 Å². The third kappa shape index (κ3) is 2.89. The third-order valence-corrected chi connectivity index (χ3v) is 3.51. The van der Waals surface area contributed by atoms with Crippen LogP contribution in [0.1, 0.15) is 17.3 Å². The second-order valence-electron chi connectivity index (χ2n) is 5.19. The van der Waals surface area contributed by atoms with Crippen molar-refractivity contribution in [2.45, 2.75) is 13.0 Å². The molecule has 2 amide bonds. The number of nitro benzene ring substituents is 1. The first-order valence-electron chi connectivity index (χ1n) is 7.12. The molecule has 0 spiro atoms. The lowest BCUT2D eigenvalue weighted by Crippen LogP contribution is -2.34. The lowest BCUT2D eigenvalue weighted by molar-refractivity contribution is -0.385. The van der Waals surface area contributed by atoms with Gasteiger partial charge in [-0.3, -0.25) is 19.7 Å². The molecule has 0 unspecified atom stereocenters. The molecule has 0 aliphatic carbocycles. The van der Waals surface area contributed by atoms with Gasteiger partial charge in [-0.2, -0.15) is 0 Å². The number of para-hydroxylation sites is 1. The van der Waals surface area contributed by atoms with Crippen molar-refractivity contribution in [3.63, 3.8) is 0 Å². The molecule has 8 heteroatoms. The Morgan fingerprint density at radius 1 is 1.29 bits per heavy atom. The molecule has 0 aromatic heterocycles. The third-order valence-electron chi connectivity index (χ3n) is 3.51. The molecule has 0 saturated carbocycles. The van der Waals surface area contributed by atoms with Crippen molar-refractivity contribution in [3.05, 3.63) is 58.1 Å². The molecule has 3 rings (SSSR count). The van der Waals surface area contributed by atoms with E-state index in [9.17, 15) is 19.7 Å². The van der Waals surface area contributed by atoms with Crippen molar-refractivity contribution in [1.82, 2.24) is 0 Å². The van der Waals surface area contributed by atoms with Crippen LogP contribution >= 0.6 is 0 Å². The van der Waals surface area contributed by atoms with Gasteiger partial charge in [0, 0.05) is 11.8 Å². The zero-order valence-corrected chi connectivity index (χ0v) is 12.6. The van der Waals surface area contributed by atoms with Gasteiger partial charge in [-0.1, -0.05) is 12.1 Å². The highest BCUT2D eigenvalue weighted by Crippen LogP contribution is 2.32. The van der Waals surface area contributed by atoms with E-state index in [1.54, 1.807) is 25.1 Å². The summed E-state index contributed by atoms with van der Waals surface area (Å²) in [5, 5.41) is 16.2. The van der Waals surface area contributed by atoms with Crippen LogP contribution in [0.5, 0.6) is 5.75 Å². The van der Waals surface area contributed by atoms with E-state index in [1.165, 1.54) is 24.3 Å². The molecule has 1 aliphatic rings. The summed E-state index contributed by atoms with van der Waals surface area (Å²) in [6.07, 6.45) is -0.593. The number of nitro groups is 1. The number of amides is 2. The Bertz CT molecular complexity index is 849. The summed E-state index contributed by atoms with van der Waals surface area (Å²) in [5.41, 5.74) is 0.487. The minimum absolute atomic E-state index is 0.0471. The minimum atomic E-state index is -0.614. The van der Waals surface area contributed by atoms with E-state index in [-0.39, 0.29) is 17.2 Å². The summed E-state index contributed by atoms with van der Waals surface area (Å²) in [5.74, 6) is -0.408. The second-order valence-corrected chi connectivity index (χ2v) is 5.19. The molecule has 2 aromatic carbocycles. The van der Waals surface area contributed by atoms with Crippen molar-refractivity contribution in [2.75, 3.05) is 10.6 Å². The van der Waals surface area contributed by atoms with E-state index in [0.29, 0.717) is 17.1 Å². The van der Waals surface area contributed by atoms with Crippen LogP contribution in [0.25, 0.3) is 0 Å². The van der Waals surface area contributed by atoms with Gasteiger partial charge in [-0.25, -0.2) is 0 Å². The normalized spacial score (nSPS) is 15.7. The molecule has 24 heavy (non-hydrogen) atoms. The Labute approximate surface area is 136 Å². The predicted molar refractivity (Wildman–Crippen MR) is 86.2 cm³/mol. The Morgan fingerprint density at radius 2 is 2.04 bits per heavy atom. The number of nitrogens with zero attached hydrogens (tertiary/aromatic N) is 1. The Balaban J connectivity index is 1.85. The smallest absolute Gasteiger partial charge is 0.282 e. The quantitative estimate of drug-likeness (QED) is 0.665. The Morgan fingerprint density at radius 3 is 2.79 bits per heavy atom. The predicted octanol–water partition coefficient (Wildman–Crippen LogP) is 2.57. The second kappa shape index (κ2) is 5.99. The zero-order chi connectivity index (χ0) is 17.3. The number of benzene rings is 2. The van der Waals surface area contributed by atoms with E-state index in [0.717, 1.165) is 0 Å². The SMILES string of the molecule is C[C@H]1Oc2ccc(NC(=O)c3ccccc3[N+](=O)[O-])cc2NC1=O. The summed E-state index contributed by atoms with van der Waals surface area (Å²) in [4.78, 5) is 34.3. The van der Waals surface area contributed by atoms with Gasteiger partial charge in [-0.05, 0) is 31.2 Å². The first-order valence-corrected chi connectivity index (χ1v) is 7.12. The number of fused-ring (bicyclic) bond motifs is 1. The number of rotatable bonds is 3. The molecule has 1 atom stereocenters. The monoisotopic (exact) mass is 327 g/mol. The van der Waals surface area contributed by atoms with Crippen LogP contribution in [-0.2, 0) is 4.79 Å². The van der Waals surface area contributed by atoms with E-state index in [1.807, 2.05) is 0 Å². The van der Waals surface area contributed by atoms with Gasteiger partial charge in [0.1, 0.15) is 11.3 Å². The molecular weight excluding hydrogens is 314 g/mol. The highest BCUT2D eigenvalue weighted by molar-refractivity contribution is 6.07. The molecule has 2 aromatic rings. The maximum Gasteiger partial charge on any atom is 0.282 e. The number of carbonyl (C=O) groups is 2. The van der Waals surface area contributed by atoms with E-state index >= 15 is 0 Å². The minimum Gasteiger partial charge on any atom is -0.479 e. The summed E-state index contributed by atoms with van der Waals surface area (Å²) in [6.45, 7) is 1.63. The molecule has 0 fully saturated rings. The zero-order valence-electron chi connectivity index (χ0n) is 12.6. The average Bonchev–Trinajstić information content (AvgIpc) is 2.56. The number of ether oxygens (including phenoxy) is 1. The first kappa shape index (κ1) is 15.5. The molecule has 0 saturated heterocycles. The topological polar surface area (TPSA) is 111 Å². The van der Waals surface area contributed by atoms with E-state index in [4.69, 9.17) is 4.74 Å². The standard InChI is InChI=1S/C16H13N3O5/c1-9-15(20)18-12-8-10(6-7-14(12)24-9)17-16(21)11-4-2-3-5-13(11)19(22)23/h2-9H,1H3,(H,17,21)(H,18,20)/t9-/m1/s1. The molecule has 1 aliphatic heterocycles. The fourth-order valence-electron chi connectivity index (χ4n) is 2.31. The van der Waals surface area contributed by atoms with Gasteiger partial charge in [0.25, 0.3) is 17.5 Å². The van der Waals surface area contributed by atoms with E-state index in [2.05, 4.69) is 10.6 Å². The Kier molecular flexibility index (Phi) is 3.87. The molecule has 0 bridgehead atoms. The maximum absolute atomic E-state index is 12.3. The Hall–Kier alpha value is -3.42. The van der Waals surface area contributed by atoms with Crippen molar-refractivity contribution >= 4 is 28.9 Å². The van der Waals surface area contributed by atoms with Gasteiger partial charge in [-0.15, -0.1) is 0 Å². The summed E-state index contributed by atoms with van der Waals surface area (Å²) >= 11 is 0. The number of hydrogen-bond acceptors (Lipinski definition) is 5. The fraction of sp³-hybridized carbons (Fsp3) is 0.125.